The molecule has 6 nitrogen and oxygen atoms in total. The van der Waals surface area contributed by atoms with E-state index in [0.717, 1.165) is 57.9 Å². The first-order valence-corrected chi connectivity index (χ1v) is 7.79. The molecule has 0 N–H and O–H groups in total. The number of hydrogen-bond acceptors (Lipinski definition) is 5. The van der Waals surface area contributed by atoms with Crippen molar-refractivity contribution in [1.29, 1.82) is 0 Å². The fraction of sp³-hybridized carbons (Fsp3) is 0.667. The highest BCUT2D eigenvalue weighted by atomic mass is 16.2. The summed E-state index contributed by atoms with van der Waals surface area (Å²) in [6.45, 7) is 5.66. The second-order valence-corrected chi connectivity index (χ2v) is 5.90. The predicted molar refractivity (Wildman–Crippen MR) is 81.5 cm³/mol. The maximum absolute atomic E-state index is 12.5. The quantitative estimate of drug-likeness (QED) is 0.808. The van der Waals surface area contributed by atoms with Gasteiger partial charge in [-0.05, 0) is 26.3 Å². The Kier molecular flexibility index (Phi) is 4.34. The summed E-state index contributed by atoms with van der Waals surface area (Å²) < 4.78 is 0. The number of likely N-dealkylation sites (N-methyl/N-ethyl adjacent to an activating group) is 1. The number of nitrogens with zero attached hydrogens (tertiary/aromatic N) is 5. The van der Waals surface area contributed by atoms with Gasteiger partial charge in [0, 0.05) is 45.3 Å². The van der Waals surface area contributed by atoms with E-state index in [1.807, 2.05) is 11.0 Å². The molecule has 0 spiro atoms. The minimum absolute atomic E-state index is 0.0486. The minimum Gasteiger partial charge on any atom is -0.354 e. The molecule has 0 aromatic carbocycles. The van der Waals surface area contributed by atoms with Crippen molar-refractivity contribution in [2.45, 2.75) is 19.3 Å². The number of piperazine rings is 1. The van der Waals surface area contributed by atoms with E-state index in [-0.39, 0.29) is 5.91 Å². The fourth-order valence-electron chi connectivity index (χ4n) is 2.93. The molecule has 0 bridgehead atoms. The van der Waals surface area contributed by atoms with Gasteiger partial charge in [-0.25, -0.2) is 9.97 Å². The Labute approximate surface area is 125 Å². The molecule has 1 amide bonds. The van der Waals surface area contributed by atoms with Crippen molar-refractivity contribution in [1.82, 2.24) is 19.8 Å². The molecule has 2 aliphatic heterocycles. The molecule has 3 heterocycles. The van der Waals surface area contributed by atoms with E-state index in [0.29, 0.717) is 5.69 Å². The largest absolute Gasteiger partial charge is 0.354 e. The first-order chi connectivity index (χ1) is 10.2. The molecule has 3 rings (SSSR count). The van der Waals surface area contributed by atoms with Gasteiger partial charge in [0.15, 0.2) is 0 Å². The third-order valence-electron chi connectivity index (χ3n) is 4.34. The molecule has 6 heteroatoms. The van der Waals surface area contributed by atoms with E-state index in [1.165, 1.54) is 12.7 Å². The summed E-state index contributed by atoms with van der Waals surface area (Å²) in [6.07, 6.45) is 4.94. The van der Waals surface area contributed by atoms with E-state index < -0.39 is 0 Å². The summed E-state index contributed by atoms with van der Waals surface area (Å²) in [4.78, 5) is 27.5. The Morgan fingerprint density at radius 2 is 1.71 bits per heavy atom. The van der Waals surface area contributed by atoms with Crippen molar-refractivity contribution in [3.05, 3.63) is 18.1 Å². The van der Waals surface area contributed by atoms with Crippen molar-refractivity contribution in [3.8, 4) is 0 Å². The lowest BCUT2D eigenvalue weighted by Crippen LogP contribution is -2.45. The maximum Gasteiger partial charge on any atom is 0.272 e. The highest BCUT2D eigenvalue weighted by molar-refractivity contribution is 5.93. The summed E-state index contributed by atoms with van der Waals surface area (Å²) in [5.74, 6) is 0.922. The van der Waals surface area contributed by atoms with Crippen LogP contribution in [0.1, 0.15) is 29.8 Å². The van der Waals surface area contributed by atoms with Gasteiger partial charge in [0.05, 0.1) is 0 Å². The van der Waals surface area contributed by atoms with Crippen molar-refractivity contribution in [2.75, 3.05) is 51.2 Å². The summed E-state index contributed by atoms with van der Waals surface area (Å²) >= 11 is 0. The van der Waals surface area contributed by atoms with Crippen molar-refractivity contribution in [2.24, 2.45) is 0 Å². The molecule has 0 unspecified atom stereocenters. The molecule has 1 aromatic heterocycles. The normalized spacial score (nSPS) is 20.6. The second kappa shape index (κ2) is 6.39. The van der Waals surface area contributed by atoms with Crippen LogP contribution in [0.25, 0.3) is 0 Å². The summed E-state index contributed by atoms with van der Waals surface area (Å²) in [6, 6.07) is 1.85. The number of anilines is 1. The molecular formula is C15H23N5O. The van der Waals surface area contributed by atoms with Crippen LogP contribution in [0.2, 0.25) is 0 Å². The second-order valence-electron chi connectivity index (χ2n) is 5.90. The lowest BCUT2D eigenvalue weighted by Gasteiger charge is -2.33. The molecule has 0 atom stereocenters. The van der Waals surface area contributed by atoms with E-state index in [9.17, 15) is 4.79 Å². The summed E-state index contributed by atoms with van der Waals surface area (Å²) in [5, 5.41) is 0. The minimum atomic E-state index is 0.0486. The van der Waals surface area contributed by atoms with Crippen LogP contribution in [-0.2, 0) is 0 Å². The average Bonchev–Trinajstić information content (AvgIpc) is 2.56. The third kappa shape index (κ3) is 3.32. The van der Waals surface area contributed by atoms with Gasteiger partial charge in [-0.15, -0.1) is 0 Å². The Balaban J connectivity index is 1.71. The number of amides is 1. The van der Waals surface area contributed by atoms with Crippen LogP contribution in [-0.4, -0.2) is 72.0 Å². The molecule has 1 aromatic rings. The lowest BCUT2D eigenvalue weighted by atomic mass is 10.1. The van der Waals surface area contributed by atoms with Crippen LogP contribution in [0.4, 0.5) is 5.82 Å². The SMILES string of the molecule is CN1CCN(c2cc(C(=O)N3CCCCC3)ncn2)CC1. The predicted octanol–water partition coefficient (Wildman–Crippen LogP) is 0.854. The molecule has 21 heavy (non-hydrogen) atoms. The van der Waals surface area contributed by atoms with Crippen LogP contribution in [0.15, 0.2) is 12.4 Å². The molecular weight excluding hydrogens is 266 g/mol. The number of rotatable bonds is 2. The highest BCUT2D eigenvalue weighted by Gasteiger charge is 2.21. The monoisotopic (exact) mass is 289 g/mol. The molecule has 0 aliphatic carbocycles. The van der Waals surface area contributed by atoms with Gasteiger partial charge in [0.1, 0.15) is 17.8 Å². The zero-order valence-electron chi connectivity index (χ0n) is 12.7. The Hall–Kier alpha value is -1.69. The van der Waals surface area contributed by atoms with Gasteiger partial charge in [-0.2, -0.15) is 0 Å². The third-order valence-corrected chi connectivity index (χ3v) is 4.34. The highest BCUT2D eigenvalue weighted by Crippen LogP contribution is 2.16. The lowest BCUT2D eigenvalue weighted by molar-refractivity contribution is 0.0718. The van der Waals surface area contributed by atoms with E-state index >= 15 is 0 Å². The van der Waals surface area contributed by atoms with Crippen molar-refractivity contribution in [3.63, 3.8) is 0 Å². The Morgan fingerprint density at radius 3 is 2.43 bits per heavy atom. The van der Waals surface area contributed by atoms with Gasteiger partial charge in [0.25, 0.3) is 5.91 Å². The topological polar surface area (TPSA) is 52.6 Å². The number of likely N-dealkylation sites (tertiary alicyclic amines) is 1. The van der Waals surface area contributed by atoms with E-state index in [1.54, 1.807) is 0 Å². The van der Waals surface area contributed by atoms with Gasteiger partial charge < -0.3 is 14.7 Å². The van der Waals surface area contributed by atoms with Crippen LogP contribution < -0.4 is 4.90 Å². The first kappa shape index (κ1) is 14.3. The maximum atomic E-state index is 12.5. The van der Waals surface area contributed by atoms with Gasteiger partial charge >= 0.3 is 0 Å². The number of carbonyl (C=O) groups excluding carboxylic acids is 1. The van der Waals surface area contributed by atoms with Crippen LogP contribution >= 0.6 is 0 Å². The molecule has 0 saturated carbocycles. The van der Waals surface area contributed by atoms with Crippen LogP contribution in [0.3, 0.4) is 0 Å². The van der Waals surface area contributed by atoms with Gasteiger partial charge in [0.2, 0.25) is 0 Å². The van der Waals surface area contributed by atoms with E-state index in [4.69, 9.17) is 0 Å². The molecule has 114 valence electrons. The van der Waals surface area contributed by atoms with Crippen molar-refractivity contribution >= 4 is 11.7 Å². The zero-order valence-corrected chi connectivity index (χ0v) is 12.7. The van der Waals surface area contributed by atoms with Crippen LogP contribution in [0, 0.1) is 0 Å². The average molecular weight is 289 g/mol. The van der Waals surface area contributed by atoms with E-state index in [2.05, 4.69) is 26.8 Å². The smallest absolute Gasteiger partial charge is 0.272 e. The number of hydrogen-bond donors (Lipinski definition) is 0. The number of piperidine rings is 1. The van der Waals surface area contributed by atoms with Crippen LogP contribution in [0.5, 0.6) is 0 Å². The first-order valence-electron chi connectivity index (χ1n) is 7.79. The standard InChI is InChI=1S/C15H23N5O/c1-18-7-9-19(10-8-18)14-11-13(16-12-17-14)15(21)20-5-3-2-4-6-20/h11-12H,2-10H2,1H3. The fourth-order valence-corrected chi connectivity index (χ4v) is 2.93. The van der Waals surface area contributed by atoms with Crippen molar-refractivity contribution < 1.29 is 4.79 Å². The molecule has 0 radical (unpaired) electrons. The Bertz CT molecular complexity index is 493. The van der Waals surface area contributed by atoms with Gasteiger partial charge in [-0.1, -0.05) is 0 Å². The summed E-state index contributed by atoms with van der Waals surface area (Å²) in [7, 11) is 2.13. The Morgan fingerprint density at radius 1 is 1.00 bits per heavy atom. The van der Waals surface area contributed by atoms with Gasteiger partial charge in [-0.3, -0.25) is 4.79 Å². The molecule has 2 fully saturated rings. The summed E-state index contributed by atoms with van der Waals surface area (Å²) in [5.41, 5.74) is 0.529. The number of carbonyl (C=O) groups is 1. The number of aromatic nitrogens is 2. The molecule has 2 saturated heterocycles. The molecule has 2 aliphatic rings. The zero-order chi connectivity index (χ0) is 14.7.